The van der Waals surface area contributed by atoms with E-state index < -0.39 is 0 Å². The van der Waals surface area contributed by atoms with Crippen molar-refractivity contribution < 1.29 is 5.11 Å². The van der Waals surface area contributed by atoms with Crippen molar-refractivity contribution in [1.82, 2.24) is 5.32 Å². The molecule has 0 aromatic heterocycles. The standard InChI is InChI=1S/C9H22N2O/c1-2-9(8-10)11-6-4-3-5-7-12/h9,11-12H,2-8,10H2,1H3. The molecule has 0 amide bonds. The number of hydrogen-bond donors (Lipinski definition) is 3. The monoisotopic (exact) mass is 174 g/mol. The van der Waals surface area contributed by atoms with E-state index >= 15 is 0 Å². The van der Waals surface area contributed by atoms with Gasteiger partial charge in [0.2, 0.25) is 0 Å². The summed E-state index contributed by atoms with van der Waals surface area (Å²) in [6, 6.07) is 0.471. The van der Waals surface area contributed by atoms with Gasteiger partial charge in [-0.25, -0.2) is 0 Å². The van der Waals surface area contributed by atoms with Gasteiger partial charge in [0.15, 0.2) is 0 Å². The van der Waals surface area contributed by atoms with Gasteiger partial charge in [0.25, 0.3) is 0 Å². The van der Waals surface area contributed by atoms with Crippen LogP contribution in [0.5, 0.6) is 0 Å². The Morgan fingerprint density at radius 1 is 1.33 bits per heavy atom. The van der Waals surface area contributed by atoms with Crippen LogP contribution < -0.4 is 11.1 Å². The summed E-state index contributed by atoms with van der Waals surface area (Å²) in [7, 11) is 0. The summed E-state index contributed by atoms with van der Waals surface area (Å²) < 4.78 is 0. The van der Waals surface area contributed by atoms with E-state index in [4.69, 9.17) is 10.8 Å². The van der Waals surface area contributed by atoms with Gasteiger partial charge in [-0.2, -0.15) is 0 Å². The maximum atomic E-state index is 8.53. The zero-order chi connectivity index (χ0) is 9.23. The Morgan fingerprint density at radius 3 is 2.58 bits per heavy atom. The molecule has 12 heavy (non-hydrogen) atoms. The van der Waals surface area contributed by atoms with Crippen LogP contribution in [0.1, 0.15) is 32.6 Å². The molecule has 1 unspecified atom stereocenters. The highest BCUT2D eigenvalue weighted by Crippen LogP contribution is 1.94. The molecule has 0 saturated heterocycles. The van der Waals surface area contributed by atoms with Crippen molar-refractivity contribution >= 4 is 0 Å². The van der Waals surface area contributed by atoms with Crippen LogP contribution in [0, 0.1) is 0 Å². The van der Waals surface area contributed by atoms with Crippen molar-refractivity contribution in [2.45, 2.75) is 38.6 Å². The normalized spacial score (nSPS) is 13.2. The fourth-order valence-corrected chi connectivity index (χ4v) is 1.11. The van der Waals surface area contributed by atoms with Crippen LogP contribution in [0.3, 0.4) is 0 Å². The summed E-state index contributed by atoms with van der Waals surface area (Å²) in [4.78, 5) is 0. The van der Waals surface area contributed by atoms with Crippen LogP contribution >= 0.6 is 0 Å². The second-order valence-electron chi connectivity index (χ2n) is 3.08. The fraction of sp³-hybridized carbons (Fsp3) is 1.00. The molecule has 0 aliphatic heterocycles. The molecule has 0 fully saturated rings. The Kier molecular flexibility index (Phi) is 8.88. The molecule has 4 N–H and O–H groups in total. The predicted molar refractivity (Wildman–Crippen MR) is 52.1 cm³/mol. The molecule has 0 aromatic carbocycles. The molecule has 0 saturated carbocycles. The minimum absolute atomic E-state index is 0.314. The van der Waals surface area contributed by atoms with Crippen LogP contribution in [0.2, 0.25) is 0 Å². The molecule has 74 valence electrons. The van der Waals surface area contributed by atoms with Gasteiger partial charge in [-0.1, -0.05) is 6.92 Å². The molecule has 3 heteroatoms. The molecule has 0 radical (unpaired) electrons. The fourth-order valence-electron chi connectivity index (χ4n) is 1.11. The number of hydrogen-bond acceptors (Lipinski definition) is 3. The number of aliphatic hydroxyl groups is 1. The van der Waals surface area contributed by atoms with Gasteiger partial charge < -0.3 is 16.2 Å². The van der Waals surface area contributed by atoms with Crippen LogP contribution in [0.25, 0.3) is 0 Å². The number of nitrogens with one attached hydrogen (secondary N) is 1. The maximum Gasteiger partial charge on any atom is 0.0431 e. The summed E-state index contributed by atoms with van der Waals surface area (Å²) in [6.07, 6.45) is 4.25. The summed E-state index contributed by atoms with van der Waals surface area (Å²) in [6.45, 7) is 4.19. The van der Waals surface area contributed by atoms with Gasteiger partial charge >= 0.3 is 0 Å². The summed E-state index contributed by atoms with van der Waals surface area (Å²) in [5.41, 5.74) is 5.52. The topological polar surface area (TPSA) is 58.3 Å². The zero-order valence-electron chi connectivity index (χ0n) is 8.05. The lowest BCUT2D eigenvalue weighted by Gasteiger charge is -2.13. The predicted octanol–water partition coefficient (Wildman–Crippen LogP) is 0.476. The van der Waals surface area contributed by atoms with E-state index in [0.717, 1.165) is 38.8 Å². The van der Waals surface area contributed by atoms with Crippen LogP contribution in [-0.4, -0.2) is 30.8 Å². The number of unbranched alkanes of at least 4 members (excludes halogenated alkanes) is 2. The van der Waals surface area contributed by atoms with Gasteiger partial charge in [-0.15, -0.1) is 0 Å². The molecule has 0 aromatic rings. The van der Waals surface area contributed by atoms with Crippen molar-refractivity contribution in [2.75, 3.05) is 19.7 Å². The minimum atomic E-state index is 0.314. The van der Waals surface area contributed by atoms with Crippen LogP contribution in [0.4, 0.5) is 0 Å². The number of aliphatic hydroxyl groups excluding tert-OH is 1. The van der Waals surface area contributed by atoms with Crippen molar-refractivity contribution in [2.24, 2.45) is 5.73 Å². The lowest BCUT2D eigenvalue weighted by Crippen LogP contribution is -2.35. The Balaban J connectivity index is 3.06. The van der Waals surface area contributed by atoms with E-state index in [-0.39, 0.29) is 0 Å². The van der Waals surface area contributed by atoms with Gasteiger partial charge in [0.05, 0.1) is 0 Å². The third-order valence-corrected chi connectivity index (χ3v) is 2.05. The molecule has 0 aliphatic rings. The molecule has 0 heterocycles. The first-order valence-corrected chi connectivity index (χ1v) is 4.89. The molecular formula is C9H22N2O. The van der Waals surface area contributed by atoms with Gasteiger partial charge in [0, 0.05) is 19.2 Å². The second kappa shape index (κ2) is 8.97. The molecule has 3 nitrogen and oxygen atoms in total. The molecule has 0 aliphatic carbocycles. The minimum Gasteiger partial charge on any atom is -0.396 e. The highest BCUT2D eigenvalue weighted by Gasteiger charge is 2.00. The van der Waals surface area contributed by atoms with E-state index in [0.29, 0.717) is 12.6 Å². The van der Waals surface area contributed by atoms with Gasteiger partial charge in [0.1, 0.15) is 0 Å². The lowest BCUT2D eigenvalue weighted by molar-refractivity contribution is 0.282. The first-order chi connectivity index (χ1) is 5.85. The van der Waals surface area contributed by atoms with Crippen molar-refractivity contribution in [3.05, 3.63) is 0 Å². The first-order valence-electron chi connectivity index (χ1n) is 4.89. The third kappa shape index (κ3) is 6.58. The summed E-state index contributed by atoms with van der Waals surface area (Å²) >= 11 is 0. The average molecular weight is 174 g/mol. The smallest absolute Gasteiger partial charge is 0.0431 e. The maximum absolute atomic E-state index is 8.53. The molecular weight excluding hydrogens is 152 g/mol. The van der Waals surface area contributed by atoms with Crippen LogP contribution in [0.15, 0.2) is 0 Å². The number of rotatable bonds is 8. The van der Waals surface area contributed by atoms with E-state index in [9.17, 15) is 0 Å². The van der Waals surface area contributed by atoms with E-state index in [1.54, 1.807) is 0 Å². The van der Waals surface area contributed by atoms with E-state index in [1.165, 1.54) is 0 Å². The summed E-state index contributed by atoms with van der Waals surface area (Å²) in [5, 5.41) is 11.9. The molecule has 0 bridgehead atoms. The number of nitrogens with two attached hydrogens (primary N) is 1. The molecule has 1 atom stereocenters. The quantitative estimate of drug-likeness (QED) is 0.469. The molecule has 0 rings (SSSR count). The highest BCUT2D eigenvalue weighted by atomic mass is 16.2. The van der Waals surface area contributed by atoms with Crippen molar-refractivity contribution in [3.8, 4) is 0 Å². The van der Waals surface area contributed by atoms with E-state index in [2.05, 4.69) is 12.2 Å². The second-order valence-corrected chi connectivity index (χ2v) is 3.08. The van der Waals surface area contributed by atoms with Crippen molar-refractivity contribution in [3.63, 3.8) is 0 Å². The van der Waals surface area contributed by atoms with Crippen LogP contribution in [-0.2, 0) is 0 Å². The Bertz CT molecular complexity index is 84.6. The molecule has 0 spiro atoms. The Morgan fingerprint density at radius 2 is 2.08 bits per heavy atom. The first kappa shape index (κ1) is 11.9. The van der Waals surface area contributed by atoms with Crippen molar-refractivity contribution in [1.29, 1.82) is 0 Å². The highest BCUT2D eigenvalue weighted by molar-refractivity contribution is 4.64. The largest absolute Gasteiger partial charge is 0.396 e. The average Bonchev–Trinajstić information content (AvgIpc) is 2.11. The van der Waals surface area contributed by atoms with Gasteiger partial charge in [-0.3, -0.25) is 0 Å². The Labute approximate surface area is 75.3 Å². The SMILES string of the molecule is CCC(CN)NCCCCCO. The Hall–Kier alpha value is -0.120. The third-order valence-electron chi connectivity index (χ3n) is 2.05. The summed E-state index contributed by atoms with van der Waals surface area (Å²) in [5.74, 6) is 0. The lowest BCUT2D eigenvalue weighted by atomic mass is 10.2. The van der Waals surface area contributed by atoms with Gasteiger partial charge in [-0.05, 0) is 32.2 Å². The zero-order valence-corrected chi connectivity index (χ0v) is 8.05. The van der Waals surface area contributed by atoms with E-state index in [1.807, 2.05) is 0 Å².